The average molecular weight is 174 g/mol. The Balaban J connectivity index is 4.14. The molecule has 6 heteroatoms. The Morgan fingerprint density at radius 1 is 1.33 bits per heavy atom. The maximum Gasteiger partial charge on any atom is 0.323 e. The lowest BCUT2D eigenvalue weighted by Gasteiger charge is -2.15. The van der Waals surface area contributed by atoms with Crippen LogP contribution < -0.4 is 5.73 Å². The average Bonchev–Trinajstić information content (AvgIpc) is 1.83. The van der Waals surface area contributed by atoms with Gasteiger partial charge in [0, 0.05) is 6.92 Å². The zero-order chi connectivity index (χ0) is 9.72. The molecule has 0 rings (SSSR count). The second-order valence-corrected chi connectivity index (χ2v) is 2.24. The number of primary amides is 1. The van der Waals surface area contributed by atoms with Crippen molar-refractivity contribution in [3.05, 3.63) is 0 Å². The van der Waals surface area contributed by atoms with Crippen molar-refractivity contribution in [3.8, 4) is 0 Å². The topological polar surface area (TPSA) is 101 Å². The Labute approximate surface area is 68.9 Å². The molecule has 0 aliphatic heterocycles. The quantitative estimate of drug-likeness (QED) is 0.536. The molecule has 0 radical (unpaired) electrons. The van der Waals surface area contributed by atoms with Crippen molar-refractivity contribution in [3.63, 3.8) is 0 Å². The summed E-state index contributed by atoms with van der Waals surface area (Å²) in [7, 11) is 0. The van der Waals surface area contributed by atoms with Gasteiger partial charge in [-0.3, -0.25) is 14.4 Å². The third-order valence-corrected chi connectivity index (χ3v) is 1.12. The molecule has 0 atom stereocenters. The minimum absolute atomic E-state index is 0.359. The van der Waals surface area contributed by atoms with Gasteiger partial charge in [-0.1, -0.05) is 0 Å². The van der Waals surface area contributed by atoms with E-state index in [9.17, 15) is 14.4 Å². The number of aliphatic carboxylic acids is 1. The van der Waals surface area contributed by atoms with Crippen LogP contribution in [0.25, 0.3) is 0 Å². The van der Waals surface area contributed by atoms with Crippen LogP contribution in [0.15, 0.2) is 0 Å². The zero-order valence-corrected chi connectivity index (χ0v) is 6.61. The second-order valence-electron chi connectivity index (χ2n) is 2.24. The van der Waals surface area contributed by atoms with Crippen LogP contribution in [0, 0.1) is 0 Å². The van der Waals surface area contributed by atoms with Gasteiger partial charge in [-0.05, 0) is 0 Å². The van der Waals surface area contributed by atoms with E-state index in [1.165, 1.54) is 6.92 Å². The predicted molar refractivity (Wildman–Crippen MR) is 39.1 cm³/mol. The van der Waals surface area contributed by atoms with E-state index >= 15 is 0 Å². The molecule has 12 heavy (non-hydrogen) atoms. The summed E-state index contributed by atoms with van der Waals surface area (Å²) in [5.41, 5.74) is 4.78. The predicted octanol–water partition coefficient (Wildman–Crippen LogP) is -1.60. The van der Waals surface area contributed by atoms with E-state index in [-0.39, 0.29) is 6.54 Å². The first-order chi connectivity index (χ1) is 5.43. The van der Waals surface area contributed by atoms with E-state index in [1.54, 1.807) is 0 Å². The van der Waals surface area contributed by atoms with Crippen molar-refractivity contribution < 1.29 is 19.5 Å². The van der Waals surface area contributed by atoms with Gasteiger partial charge in [0.25, 0.3) is 0 Å². The molecule has 0 spiro atoms. The highest BCUT2D eigenvalue weighted by Crippen LogP contribution is 1.87. The van der Waals surface area contributed by atoms with Gasteiger partial charge in [0.2, 0.25) is 11.8 Å². The van der Waals surface area contributed by atoms with Gasteiger partial charge in [-0.15, -0.1) is 0 Å². The summed E-state index contributed by atoms with van der Waals surface area (Å²) in [5.74, 6) is -2.39. The first-order valence-corrected chi connectivity index (χ1v) is 3.19. The summed E-state index contributed by atoms with van der Waals surface area (Å²) in [5, 5.41) is 8.30. The van der Waals surface area contributed by atoms with Crippen LogP contribution in [-0.4, -0.2) is 40.9 Å². The summed E-state index contributed by atoms with van der Waals surface area (Å²) in [4.78, 5) is 32.0. The van der Waals surface area contributed by atoms with E-state index < -0.39 is 24.3 Å². The van der Waals surface area contributed by atoms with Crippen LogP contribution >= 0.6 is 0 Å². The lowest BCUT2D eigenvalue weighted by molar-refractivity contribution is -0.144. The van der Waals surface area contributed by atoms with Crippen LogP contribution in [0.4, 0.5) is 0 Å². The molecule has 0 unspecified atom stereocenters. The molecule has 0 saturated heterocycles. The number of nitrogens with zero attached hydrogens (tertiary/aromatic N) is 1. The van der Waals surface area contributed by atoms with Crippen molar-refractivity contribution in [2.45, 2.75) is 6.92 Å². The monoisotopic (exact) mass is 174 g/mol. The van der Waals surface area contributed by atoms with Crippen LogP contribution in [-0.2, 0) is 14.4 Å². The van der Waals surface area contributed by atoms with Crippen molar-refractivity contribution in [2.75, 3.05) is 13.1 Å². The van der Waals surface area contributed by atoms with E-state index in [0.29, 0.717) is 0 Å². The molecule has 3 N–H and O–H groups in total. The lowest BCUT2D eigenvalue weighted by atomic mass is 10.4. The number of carboxylic acid groups (broad SMARTS) is 1. The minimum atomic E-state index is -1.17. The number of carbonyl (C=O) groups excluding carboxylic acids is 2. The number of hydrogen-bond acceptors (Lipinski definition) is 3. The van der Waals surface area contributed by atoms with Gasteiger partial charge in [0.15, 0.2) is 0 Å². The molecular formula is C6H10N2O4. The highest BCUT2D eigenvalue weighted by atomic mass is 16.4. The van der Waals surface area contributed by atoms with Crippen molar-refractivity contribution in [1.29, 1.82) is 0 Å². The summed E-state index contributed by atoms with van der Waals surface area (Å²) in [6.45, 7) is 0.311. The van der Waals surface area contributed by atoms with Crippen LogP contribution in [0.3, 0.4) is 0 Å². The van der Waals surface area contributed by atoms with Crippen LogP contribution in [0.1, 0.15) is 6.92 Å². The van der Waals surface area contributed by atoms with Gasteiger partial charge < -0.3 is 15.7 Å². The van der Waals surface area contributed by atoms with Gasteiger partial charge >= 0.3 is 5.97 Å². The van der Waals surface area contributed by atoms with Gasteiger partial charge in [0.1, 0.15) is 6.54 Å². The first kappa shape index (κ1) is 10.4. The molecule has 0 aliphatic carbocycles. The number of carboxylic acids is 1. The maximum absolute atomic E-state index is 10.7. The Bertz CT molecular complexity index is 198. The Morgan fingerprint density at radius 2 is 1.83 bits per heavy atom. The Kier molecular flexibility index (Phi) is 3.75. The van der Waals surface area contributed by atoms with Crippen molar-refractivity contribution in [2.24, 2.45) is 5.73 Å². The molecule has 0 aliphatic rings. The van der Waals surface area contributed by atoms with Crippen LogP contribution in [0.2, 0.25) is 0 Å². The largest absolute Gasteiger partial charge is 0.480 e. The lowest BCUT2D eigenvalue weighted by Crippen LogP contribution is -2.40. The molecular weight excluding hydrogens is 164 g/mol. The smallest absolute Gasteiger partial charge is 0.323 e. The summed E-state index contributed by atoms with van der Waals surface area (Å²) in [6, 6.07) is 0. The number of hydrogen-bond donors (Lipinski definition) is 2. The molecule has 0 bridgehead atoms. The molecule has 0 aromatic heterocycles. The molecule has 0 aromatic rings. The van der Waals surface area contributed by atoms with E-state index in [2.05, 4.69) is 0 Å². The molecule has 0 aromatic carbocycles. The molecule has 0 heterocycles. The van der Waals surface area contributed by atoms with Crippen LogP contribution in [0.5, 0.6) is 0 Å². The summed E-state index contributed by atoms with van der Waals surface area (Å²) in [6.07, 6.45) is 0. The summed E-state index contributed by atoms with van der Waals surface area (Å²) < 4.78 is 0. The van der Waals surface area contributed by atoms with Gasteiger partial charge in [-0.25, -0.2) is 0 Å². The van der Waals surface area contributed by atoms with E-state index in [4.69, 9.17) is 10.8 Å². The van der Waals surface area contributed by atoms with Crippen molar-refractivity contribution >= 4 is 17.8 Å². The Morgan fingerprint density at radius 3 is 2.08 bits per heavy atom. The highest BCUT2D eigenvalue weighted by Gasteiger charge is 2.14. The fourth-order valence-corrected chi connectivity index (χ4v) is 0.630. The van der Waals surface area contributed by atoms with Crippen molar-refractivity contribution in [1.82, 2.24) is 4.90 Å². The molecule has 2 amide bonds. The van der Waals surface area contributed by atoms with E-state index in [1.807, 2.05) is 0 Å². The number of rotatable bonds is 4. The molecule has 0 saturated carbocycles. The standard InChI is InChI=1S/C6H10N2O4/c1-4(9)8(2-5(7)10)3-6(11)12/h2-3H2,1H3,(H2,7,10)(H,11,12). The van der Waals surface area contributed by atoms with Gasteiger partial charge in [-0.2, -0.15) is 0 Å². The molecule has 0 fully saturated rings. The second kappa shape index (κ2) is 4.32. The minimum Gasteiger partial charge on any atom is -0.480 e. The summed E-state index contributed by atoms with van der Waals surface area (Å²) >= 11 is 0. The highest BCUT2D eigenvalue weighted by molar-refractivity contribution is 5.85. The Hall–Kier alpha value is -1.59. The first-order valence-electron chi connectivity index (χ1n) is 3.19. The fraction of sp³-hybridized carbons (Fsp3) is 0.500. The number of amides is 2. The maximum atomic E-state index is 10.7. The van der Waals surface area contributed by atoms with Gasteiger partial charge in [0.05, 0.1) is 6.54 Å². The number of carbonyl (C=O) groups is 3. The SMILES string of the molecule is CC(=O)N(CC(N)=O)CC(=O)O. The zero-order valence-electron chi connectivity index (χ0n) is 6.61. The molecule has 68 valence electrons. The normalized spacial score (nSPS) is 9.08. The fourth-order valence-electron chi connectivity index (χ4n) is 0.630. The third kappa shape index (κ3) is 4.26. The van der Waals surface area contributed by atoms with E-state index in [0.717, 1.165) is 4.90 Å². The number of nitrogens with two attached hydrogens (primary N) is 1. The molecule has 6 nitrogen and oxygen atoms in total. The third-order valence-electron chi connectivity index (χ3n) is 1.12.